The van der Waals surface area contributed by atoms with Crippen molar-refractivity contribution in [3.05, 3.63) is 90.3 Å². The van der Waals surface area contributed by atoms with Crippen LogP contribution in [0.1, 0.15) is 41.6 Å². The minimum atomic E-state index is -0.240. The van der Waals surface area contributed by atoms with Crippen molar-refractivity contribution in [3.63, 3.8) is 0 Å². The van der Waals surface area contributed by atoms with E-state index in [1.54, 1.807) is 48.8 Å². The quantitative estimate of drug-likeness (QED) is 0.621. The molecule has 1 heterocycles. The number of nitrogens with zero attached hydrogens (tertiary/aromatic N) is 1. The number of pyridine rings is 1. The average molecular weight is 373 g/mol. The van der Waals surface area contributed by atoms with Crippen LogP contribution in [0.3, 0.4) is 0 Å². The van der Waals surface area contributed by atoms with E-state index in [1.807, 2.05) is 30.3 Å². The van der Waals surface area contributed by atoms with Crippen LogP contribution in [-0.4, -0.2) is 16.8 Å². The molecule has 0 fully saturated rings. The van der Waals surface area contributed by atoms with Crippen LogP contribution in [0.5, 0.6) is 0 Å². The lowest BCUT2D eigenvalue weighted by Gasteiger charge is -2.17. The van der Waals surface area contributed by atoms with Crippen molar-refractivity contribution in [3.8, 4) is 0 Å². The number of anilines is 2. The van der Waals surface area contributed by atoms with Gasteiger partial charge < -0.3 is 10.6 Å². The Morgan fingerprint density at radius 1 is 0.893 bits per heavy atom. The fraction of sp³-hybridized carbons (Fsp3) is 0.174. The fourth-order valence-corrected chi connectivity index (χ4v) is 3.03. The van der Waals surface area contributed by atoms with Crippen molar-refractivity contribution < 1.29 is 9.59 Å². The maximum absolute atomic E-state index is 12.9. The van der Waals surface area contributed by atoms with E-state index in [4.69, 9.17) is 0 Å². The Morgan fingerprint density at radius 3 is 2.36 bits per heavy atom. The molecule has 0 radical (unpaired) electrons. The molecule has 2 aromatic carbocycles. The molecule has 142 valence electrons. The molecule has 0 aliphatic rings. The van der Waals surface area contributed by atoms with E-state index in [0.29, 0.717) is 16.9 Å². The Kier molecular flexibility index (Phi) is 6.52. The van der Waals surface area contributed by atoms with Crippen LogP contribution in [-0.2, 0) is 4.79 Å². The molecule has 0 aliphatic carbocycles. The predicted molar refractivity (Wildman–Crippen MR) is 111 cm³/mol. The van der Waals surface area contributed by atoms with Gasteiger partial charge >= 0.3 is 0 Å². The number of nitrogens with one attached hydrogen (secondary N) is 2. The first-order valence-corrected chi connectivity index (χ1v) is 9.34. The highest BCUT2D eigenvalue weighted by molar-refractivity contribution is 6.05. The average Bonchev–Trinajstić information content (AvgIpc) is 2.73. The number of carbonyl (C=O) groups excluding carboxylic acids is 2. The van der Waals surface area contributed by atoms with Gasteiger partial charge in [-0.2, -0.15) is 0 Å². The first kappa shape index (κ1) is 19.3. The van der Waals surface area contributed by atoms with Crippen LogP contribution in [0, 0.1) is 0 Å². The molecule has 1 aromatic heterocycles. The summed E-state index contributed by atoms with van der Waals surface area (Å²) >= 11 is 0. The minimum Gasteiger partial charge on any atom is -0.326 e. The van der Waals surface area contributed by atoms with Crippen molar-refractivity contribution >= 4 is 23.2 Å². The molecule has 2 N–H and O–H groups in total. The summed E-state index contributed by atoms with van der Waals surface area (Å²) in [5, 5.41) is 5.77. The summed E-state index contributed by atoms with van der Waals surface area (Å²) in [6.45, 7) is 2.06. The van der Waals surface area contributed by atoms with Gasteiger partial charge in [-0.1, -0.05) is 49.7 Å². The third kappa shape index (κ3) is 5.04. The van der Waals surface area contributed by atoms with Gasteiger partial charge in [-0.05, 0) is 42.3 Å². The third-order valence-electron chi connectivity index (χ3n) is 4.43. The lowest BCUT2D eigenvalue weighted by Crippen LogP contribution is -2.21. The highest BCUT2D eigenvalue weighted by Crippen LogP contribution is 2.23. The van der Waals surface area contributed by atoms with Crippen molar-refractivity contribution in [2.45, 2.75) is 25.7 Å². The van der Waals surface area contributed by atoms with Gasteiger partial charge in [0.2, 0.25) is 5.91 Å². The van der Waals surface area contributed by atoms with Gasteiger partial charge in [0.15, 0.2) is 0 Å². The molecule has 0 aliphatic heterocycles. The maximum atomic E-state index is 12.9. The van der Waals surface area contributed by atoms with E-state index in [1.165, 1.54) is 0 Å². The number of amides is 2. The van der Waals surface area contributed by atoms with E-state index in [-0.39, 0.29) is 17.7 Å². The smallest absolute Gasteiger partial charge is 0.255 e. The molecular formula is C23H23N3O2. The standard InChI is InChI=1S/C23H23N3O2/c1-2-7-21(17-8-4-3-5-9-17)23(28)26-20-11-6-10-18(16-20)22(27)25-19-12-14-24-15-13-19/h3-6,8-16,21H,2,7H2,1H3,(H,26,28)(H,24,25,27). The fourth-order valence-electron chi connectivity index (χ4n) is 3.03. The Morgan fingerprint density at radius 2 is 1.64 bits per heavy atom. The summed E-state index contributed by atoms with van der Waals surface area (Å²) in [4.78, 5) is 29.3. The van der Waals surface area contributed by atoms with E-state index in [2.05, 4.69) is 22.5 Å². The summed E-state index contributed by atoms with van der Waals surface area (Å²) in [6.07, 6.45) is 4.90. The van der Waals surface area contributed by atoms with Crippen molar-refractivity contribution in [2.75, 3.05) is 10.6 Å². The number of hydrogen-bond donors (Lipinski definition) is 2. The van der Waals surface area contributed by atoms with Gasteiger partial charge in [-0.25, -0.2) is 0 Å². The number of aromatic nitrogens is 1. The van der Waals surface area contributed by atoms with Crippen LogP contribution in [0.4, 0.5) is 11.4 Å². The predicted octanol–water partition coefficient (Wildman–Crippen LogP) is 4.86. The van der Waals surface area contributed by atoms with E-state index in [9.17, 15) is 9.59 Å². The number of hydrogen-bond acceptors (Lipinski definition) is 3. The van der Waals surface area contributed by atoms with Crippen LogP contribution < -0.4 is 10.6 Å². The largest absolute Gasteiger partial charge is 0.326 e. The van der Waals surface area contributed by atoms with Gasteiger partial charge in [0.1, 0.15) is 0 Å². The zero-order chi connectivity index (χ0) is 19.8. The molecule has 1 unspecified atom stereocenters. The molecule has 2 amide bonds. The molecule has 0 bridgehead atoms. The monoisotopic (exact) mass is 373 g/mol. The summed E-state index contributed by atoms with van der Waals surface area (Å²) < 4.78 is 0. The number of carbonyl (C=O) groups is 2. The van der Waals surface area contributed by atoms with Crippen molar-refractivity contribution in [1.82, 2.24) is 4.98 Å². The molecular weight excluding hydrogens is 350 g/mol. The van der Waals surface area contributed by atoms with Crippen LogP contribution >= 0.6 is 0 Å². The lowest BCUT2D eigenvalue weighted by molar-refractivity contribution is -0.117. The summed E-state index contributed by atoms with van der Waals surface area (Å²) in [6, 6.07) is 20.1. The zero-order valence-corrected chi connectivity index (χ0v) is 15.8. The van der Waals surface area contributed by atoms with E-state index >= 15 is 0 Å². The molecule has 3 rings (SSSR count). The Labute approximate surface area is 164 Å². The summed E-state index contributed by atoms with van der Waals surface area (Å²) in [5.41, 5.74) is 2.74. The van der Waals surface area contributed by atoms with Crippen molar-refractivity contribution in [2.24, 2.45) is 0 Å². The van der Waals surface area contributed by atoms with Crippen LogP contribution in [0.15, 0.2) is 79.1 Å². The third-order valence-corrected chi connectivity index (χ3v) is 4.43. The second-order valence-electron chi connectivity index (χ2n) is 6.51. The van der Waals surface area contributed by atoms with Gasteiger partial charge in [-0.3, -0.25) is 14.6 Å². The van der Waals surface area contributed by atoms with Crippen molar-refractivity contribution in [1.29, 1.82) is 0 Å². The SMILES string of the molecule is CCCC(C(=O)Nc1cccc(C(=O)Nc2ccncc2)c1)c1ccccc1. The Bertz CT molecular complexity index is 927. The molecule has 0 saturated heterocycles. The topological polar surface area (TPSA) is 71.1 Å². The zero-order valence-electron chi connectivity index (χ0n) is 15.8. The molecule has 3 aromatic rings. The van der Waals surface area contributed by atoms with E-state index < -0.39 is 0 Å². The van der Waals surface area contributed by atoms with Gasteiger partial charge in [0.05, 0.1) is 5.92 Å². The molecule has 5 nitrogen and oxygen atoms in total. The molecule has 1 atom stereocenters. The number of rotatable bonds is 7. The van der Waals surface area contributed by atoms with Crippen LogP contribution in [0.25, 0.3) is 0 Å². The highest BCUT2D eigenvalue weighted by Gasteiger charge is 2.20. The van der Waals surface area contributed by atoms with Gasteiger partial charge in [0.25, 0.3) is 5.91 Å². The Balaban J connectivity index is 1.72. The maximum Gasteiger partial charge on any atom is 0.255 e. The van der Waals surface area contributed by atoms with Gasteiger partial charge in [0, 0.05) is 29.3 Å². The summed E-state index contributed by atoms with van der Waals surface area (Å²) in [5.74, 6) is -0.532. The van der Waals surface area contributed by atoms with Crippen LogP contribution in [0.2, 0.25) is 0 Å². The number of benzene rings is 2. The molecule has 28 heavy (non-hydrogen) atoms. The molecule has 0 spiro atoms. The molecule has 5 heteroatoms. The molecule has 0 saturated carbocycles. The minimum absolute atomic E-state index is 0.0697. The normalized spacial score (nSPS) is 11.5. The highest BCUT2D eigenvalue weighted by atomic mass is 16.2. The van der Waals surface area contributed by atoms with E-state index in [0.717, 1.165) is 18.4 Å². The van der Waals surface area contributed by atoms with Gasteiger partial charge in [-0.15, -0.1) is 0 Å². The summed E-state index contributed by atoms with van der Waals surface area (Å²) in [7, 11) is 0. The Hall–Kier alpha value is -3.47. The second kappa shape index (κ2) is 9.46. The lowest BCUT2D eigenvalue weighted by atomic mass is 9.93. The second-order valence-corrected chi connectivity index (χ2v) is 6.51. The first-order valence-electron chi connectivity index (χ1n) is 9.34. The first-order chi connectivity index (χ1) is 13.7.